The van der Waals surface area contributed by atoms with Crippen molar-refractivity contribution < 1.29 is 24.2 Å². The SMILES string of the molecule is CCCCOC[C@@H](CCNC(=O)OC(C)(C)C)CC(=O)O. The summed E-state index contributed by atoms with van der Waals surface area (Å²) in [6.07, 6.45) is 2.13. The van der Waals surface area contributed by atoms with Crippen LogP contribution in [0.5, 0.6) is 0 Å². The first-order valence-electron chi connectivity index (χ1n) is 7.51. The Morgan fingerprint density at radius 1 is 1.29 bits per heavy atom. The molecule has 0 aromatic carbocycles. The Bertz CT molecular complexity index is 312. The summed E-state index contributed by atoms with van der Waals surface area (Å²) in [4.78, 5) is 22.3. The number of rotatable bonds is 10. The molecule has 0 aliphatic carbocycles. The Labute approximate surface area is 127 Å². The topological polar surface area (TPSA) is 84.9 Å². The van der Waals surface area contributed by atoms with Crippen molar-refractivity contribution in [2.75, 3.05) is 19.8 Å². The molecule has 0 aliphatic heterocycles. The van der Waals surface area contributed by atoms with E-state index < -0.39 is 17.7 Å². The first kappa shape index (κ1) is 19.7. The minimum atomic E-state index is -0.851. The normalized spacial score (nSPS) is 12.8. The molecule has 1 amide bonds. The summed E-state index contributed by atoms with van der Waals surface area (Å²) in [5.74, 6) is -0.953. The average Bonchev–Trinajstić information content (AvgIpc) is 2.31. The number of unbranched alkanes of at least 4 members (excludes halogenated alkanes) is 1. The van der Waals surface area contributed by atoms with Crippen LogP contribution in [-0.2, 0) is 14.3 Å². The van der Waals surface area contributed by atoms with Gasteiger partial charge in [0, 0.05) is 13.2 Å². The quantitative estimate of drug-likeness (QED) is 0.606. The molecule has 0 heterocycles. The molecule has 0 saturated carbocycles. The Morgan fingerprint density at radius 3 is 2.48 bits per heavy atom. The molecular formula is C15H29NO5. The van der Waals surface area contributed by atoms with Crippen molar-refractivity contribution in [3.63, 3.8) is 0 Å². The summed E-state index contributed by atoms with van der Waals surface area (Å²) in [5.41, 5.74) is -0.534. The molecule has 0 radical (unpaired) electrons. The van der Waals surface area contributed by atoms with Crippen LogP contribution in [0.1, 0.15) is 53.4 Å². The molecule has 6 heteroatoms. The van der Waals surface area contributed by atoms with E-state index in [1.54, 1.807) is 20.8 Å². The van der Waals surface area contributed by atoms with Crippen LogP contribution in [0.15, 0.2) is 0 Å². The summed E-state index contributed by atoms with van der Waals surface area (Å²) >= 11 is 0. The highest BCUT2D eigenvalue weighted by molar-refractivity contribution is 5.68. The third kappa shape index (κ3) is 13.4. The molecule has 0 fully saturated rings. The number of hydrogen-bond acceptors (Lipinski definition) is 4. The highest BCUT2D eigenvalue weighted by atomic mass is 16.6. The van der Waals surface area contributed by atoms with Crippen LogP contribution in [0.3, 0.4) is 0 Å². The number of hydrogen-bond donors (Lipinski definition) is 2. The molecule has 124 valence electrons. The lowest BCUT2D eigenvalue weighted by Gasteiger charge is -2.20. The van der Waals surface area contributed by atoms with Crippen LogP contribution in [-0.4, -0.2) is 42.5 Å². The van der Waals surface area contributed by atoms with Crippen molar-refractivity contribution in [2.45, 2.75) is 59.0 Å². The van der Waals surface area contributed by atoms with Crippen LogP contribution in [0.2, 0.25) is 0 Å². The lowest BCUT2D eigenvalue weighted by atomic mass is 10.0. The minimum absolute atomic E-state index is 0.0438. The van der Waals surface area contributed by atoms with Crippen molar-refractivity contribution in [2.24, 2.45) is 5.92 Å². The van der Waals surface area contributed by atoms with Crippen molar-refractivity contribution in [3.05, 3.63) is 0 Å². The van der Waals surface area contributed by atoms with E-state index in [1.807, 2.05) is 0 Å². The fraction of sp³-hybridized carbons (Fsp3) is 0.867. The van der Waals surface area contributed by atoms with Crippen LogP contribution in [0.25, 0.3) is 0 Å². The highest BCUT2D eigenvalue weighted by Crippen LogP contribution is 2.10. The largest absolute Gasteiger partial charge is 0.481 e. The maximum atomic E-state index is 11.5. The van der Waals surface area contributed by atoms with Crippen LogP contribution < -0.4 is 5.32 Å². The highest BCUT2D eigenvalue weighted by Gasteiger charge is 2.17. The summed E-state index contributed by atoms with van der Waals surface area (Å²) in [6, 6.07) is 0. The maximum Gasteiger partial charge on any atom is 0.407 e. The van der Waals surface area contributed by atoms with E-state index in [1.165, 1.54) is 0 Å². The van der Waals surface area contributed by atoms with Gasteiger partial charge in [-0.3, -0.25) is 4.79 Å². The fourth-order valence-corrected chi connectivity index (χ4v) is 1.68. The van der Waals surface area contributed by atoms with Gasteiger partial charge in [0.1, 0.15) is 5.60 Å². The summed E-state index contributed by atoms with van der Waals surface area (Å²) < 4.78 is 10.6. The van der Waals surface area contributed by atoms with Crippen LogP contribution in [0, 0.1) is 5.92 Å². The molecule has 6 nitrogen and oxygen atoms in total. The number of carbonyl (C=O) groups excluding carboxylic acids is 1. The molecule has 0 aromatic rings. The number of carboxylic acids is 1. The standard InChI is InChI=1S/C15H29NO5/c1-5-6-9-20-11-12(10-13(17)18)7-8-16-14(19)21-15(2,3)4/h12H,5-11H2,1-4H3,(H,16,19)(H,17,18)/t12-/m0/s1. The van der Waals surface area contributed by atoms with Gasteiger partial charge in [0.2, 0.25) is 0 Å². The van der Waals surface area contributed by atoms with Crippen LogP contribution >= 0.6 is 0 Å². The molecule has 0 spiro atoms. The molecule has 0 aliphatic rings. The van der Waals surface area contributed by atoms with E-state index in [4.69, 9.17) is 14.6 Å². The molecule has 21 heavy (non-hydrogen) atoms. The molecule has 0 saturated heterocycles. The predicted molar refractivity (Wildman–Crippen MR) is 80.3 cm³/mol. The van der Waals surface area contributed by atoms with E-state index in [0.29, 0.717) is 26.2 Å². The second-order valence-electron chi connectivity index (χ2n) is 6.11. The van der Waals surface area contributed by atoms with Crippen molar-refractivity contribution in [1.29, 1.82) is 0 Å². The second kappa shape index (κ2) is 10.4. The Balaban J connectivity index is 3.99. The Kier molecular flexibility index (Phi) is 9.78. The molecule has 2 N–H and O–H groups in total. The third-order valence-corrected chi connectivity index (χ3v) is 2.68. The first-order chi connectivity index (χ1) is 9.74. The van der Waals surface area contributed by atoms with E-state index in [0.717, 1.165) is 12.8 Å². The third-order valence-electron chi connectivity index (χ3n) is 2.68. The number of nitrogens with one attached hydrogen (secondary N) is 1. The molecule has 0 rings (SSSR count). The van der Waals surface area contributed by atoms with Gasteiger partial charge in [-0.05, 0) is 39.5 Å². The number of carbonyl (C=O) groups is 2. The second-order valence-corrected chi connectivity index (χ2v) is 6.11. The van der Waals surface area contributed by atoms with Crippen molar-refractivity contribution in [3.8, 4) is 0 Å². The maximum absolute atomic E-state index is 11.5. The summed E-state index contributed by atoms with van der Waals surface area (Å²) in [7, 11) is 0. The van der Waals surface area contributed by atoms with Gasteiger partial charge in [0.15, 0.2) is 0 Å². The van der Waals surface area contributed by atoms with Gasteiger partial charge in [-0.25, -0.2) is 4.79 Å². The summed E-state index contributed by atoms with van der Waals surface area (Å²) in [6.45, 7) is 8.88. The average molecular weight is 303 g/mol. The monoisotopic (exact) mass is 303 g/mol. The smallest absolute Gasteiger partial charge is 0.407 e. The van der Waals surface area contributed by atoms with Crippen molar-refractivity contribution in [1.82, 2.24) is 5.32 Å². The van der Waals surface area contributed by atoms with E-state index in [2.05, 4.69) is 12.2 Å². The molecule has 1 atom stereocenters. The number of alkyl carbamates (subject to hydrolysis) is 1. The number of amides is 1. The molecule has 0 bridgehead atoms. The lowest BCUT2D eigenvalue weighted by Crippen LogP contribution is -2.34. The van der Waals surface area contributed by atoms with Crippen molar-refractivity contribution >= 4 is 12.1 Å². The zero-order chi connectivity index (χ0) is 16.3. The van der Waals surface area contributed by atoms with Crippen LogP contribution in [0.4, 0.5) is 4.79 Å². The van der Waals surface area contributed by atoms with Gasteiger partial charge in [0.25, 0.3) is 0 Å². The number of aliphatic carboxylic acids is 1. The van der Waals surface area contributed by atoms with Gasteiger partial charge in [-0.2, -0.15) is 0 Å². The molecular weight excluding hydrogens is 274 g/mol. The van der Waals surface area contributed by atoms with Gasteiger partial charge in [-0.15, -0.1) is 0 Å². The van der Waals surface area contributed by atoms with Gasteiger partial charge < -0.3 is 19.9 Å². The summed E-state index contributed by atoms with van der Waals surface area (Å²) in [5, 5.41) is 11.5. The first-order valence-corrected chi connectivity index (χ1v) is 7.51. The molecule has 0 aromatic heterocycles. The van der Waals surface area contributed by atoms with Gasteiger partial charge >= 0.3 is 12.1 Å². The zero-order valence-electron chi connectivity index (χ0n) is 13.6. The zero-order valence-corrected chi connectivity index (χ0v) is 13.6. The number of ether oxygens (including phenoxy) is 2. The lowest BCUT2D eigenvalue weighted by molar-refractivity contribution is -0.138. The van der Waals surface area contributed by atoms with E-state index in [-0.39, 0.29) is 12.3 Å². The van der Waals surface area contributed by atoms with E-state index in [9.17, 15) is 9.59 Å². The van der Waals surface area contributed by atoms with Gasteiger partial charge in [0.05, 0.1) is 13.0 Å². The Morgan fingerprint density at radius 2 is 1.95 bits per heavy atom. The fourth-order valence-electron chi connectivity index (χ4n) is 1.68. The predicted octanol–water partition coefficient (Wildman–Crippen LogP) is 2.81. The van der Waals surface area contributed by atoms with E-state index >= 15 is 0 Å². The number of carboxylic acid groups (broad SMARTS) is 1. The van der Waals surface area contributed by atoms with Gasteiger partial charge in [-0.1, -0.05) is 13.3 Å². The molecule has 0 unspecified atom stereocenters. The Hall–Kier alpha value is -1.30. The minimum Gasteiger partial charge on any atom is -0.481 e.